The van der Waals surface area contributed by atoms with Crippen LogP contribution >= 0.6 is 0 Å². The van der Waals surface area contributed by atoms with E-state index in [4.69, 9.17) is 9.84 Å². The molecule has 0 saturated carbocycles. The van der Waals surface area contributed by atoms with Gasteiger partial charge in [0.05, 0.1) is 12.7 Å². The molecule has 5 heteroatoms. The molecule has 0 unspecified atom stereocenters. The first kappa shape index (κ1) is 12.4. The molecule has 0 spiro atoms. The highest BCUT2D eigenvalue weighted by molar-refractivity contribution is 5.67. The number of carbonyl (C=O) groups is 1. The SMILES string of the molecule is O=C(O)CCc1ccc2c(c1)[C@H]1CC[C@](O)(CO1)N2. The van der Waals surface area contributed by atoms with Crippen molar-refractivity contribution in [2.24, 2.45) is 0 Å². The fourth-order valence-electron chi connectivity index (χ4n) is 2.76. The van der Waals surface area contributed by atoms with E-state index in [1.807, 2.05) is 18.2 Å². The third kappa shape index (κ3) is 2.43. The Labute approximate surface area is 111 Å². The molecule has 0 radical (unpaired) electrons. The Hall–Kier alpha value is -1.59. The largest absolute Gasteiger partial charge is 0.481 e. The van der Waals surface area contributed by atoms with Crippen LogP contribution in [0.5, 0.6) is 0 Å². The molecule has 0 aromatic heterocycles. The topological polar surface area (TPSA) is 78.8 Å². The van der Waals surface area contributed by atoms with Crippen molar-refractivity contribution in [2.75, 3.05) is 11.9 Å². The van der Waals surface area contributed by atoms with Gasteiger partial charge in [-0.25, -0.2) is 0 Å². The number of aryl methyl sites for hydroxylation is 1. The van der Waals surface area contributed by atoms with E-state index in [0.29, 0.717) is 12.8 Å². The molecule has 3 heterocycles. The van der Waals surface area contributed by atoms with E-state index in [9.17, 15) is 9.90 Å². The lowest BCUT2D eigenvalue weighted by Crippen LogP contribution is -2.44. The number of carboxylic acids is 1. The van der Waals surface area contributed by atoms with E-state index < -0.39 is 11.7 Å². The van der Waals surface area contributed by atoms with Crippen molar-refractivity contribution in [2.45, 2.75) is 37.5 Å². The number of nitrogens with one attached hydrogen (secondary N) is 1. The van der Waals surface area contributed by atoms with Gasteiger partial charge in [0.1, 0.15) is 0 Å². The maximum atomic E-state index is 10.6. The number of aliphatic hydroxyl groups is 1. The zero-order valence-electron chi connectivity index (χ0n) is 10.6. The van der Waals surface area contributed by atoms with E-state index in [-0.39, 0.29) is 19.1 Å². The molecule has 5 nitrogen and oxygen atoms in total. The molecule has 2 atom stereocenters. The lowest BCUT2D eigenvalue weighted by Gasteiger charge is -2.32. The maximum Gasteiger partial charge on any atom is 0.303 e. The molecule has 3 aliphatic heterocycles. The van der Waals surface area contributed by atoms with Crippen LogP contribution in [0.1, 0.15) is 36.5 Å². The quantitative estimate of drug-likeness (QED) is 0.773. The molecule has 2 bridgehead atoms. The summed E-state index contributed by atoms with van der Waals surface area (Å²) < 4.78 is 5.68. The smallest absolute Gasteiger partial charge is 0.303 e. The number of fused-ring (bicyclic) bond motifs is 2. The van der Waals surface area contributed by atoms with E-state index >= 15 is 0 Å². The second-order valence-corrected chi connectivity index (χ2v) is 5.31. The number of carboxylic acid groups (broad SMARTS) is 1. The van der Waals surface area contributed by atoms with Gasteiger partial charge in [-0.15, -0.1) is 0 Å². The lowest BCUT2D eigenvalue weighted by atomic mass is 9.97. The van der Waals surface area contributed by atoms with Gasteiger partial charge in [-0.05, 0) is 30.9 Å². The highest BCUT2D eigenvalue weighted by Crippen LogP contribution is 2.41. The third-order valence-corrected chi connectivity index (χ3v) is 3.80. The Morgan fingerprint density at radius 1 is 1.53 bits per heavy atom. The van der Waals surface area contributed by atoms with Crippen LogP contribution in [0.25, 0.3) is 0 Å². The van der Waals surface area contributed by atoms with Crippen molar-refractivity contribution >= 4 is 11.7 Å². The van der Waals surface area contributed by atoms with Gasteiger partial charge >= 0.3 is 5.97 Å². The predicted molar refractivity (Wildman–Crippen MR) is 68.9 cm³/mol. The fourth-order valence-corrected chi connectivity index (χ4v) is 2.76. The van der Waals surface area contributed by atoms with Crippen molar-refractivity contribution in [3.05, 3.63) is 29.3 Å². The van der Waals surface area contributed by atoms with Crippen LogP contribution in [0, 0.1) is 0 Å². The minimum Gasteiger partial charge on any atom is -0.481 e. The van der Waals surface area contributed by atoms with Crippen LogP contribution in [0.2, 0.25) is 0 Å². The molecule has 1 saturated heterocycles. The van der Waals surface area contributed by atoms with E-state index in [1.165, 1.54) is 0 Å². The summed E-state index contributed by atoms with van der Waals surface area (Å²) in [5.74, 6) is -0.792. The minimum absolute atomic E-state index is 0.00458. The van der Waals surface area contributed by atoms with Gasteiger partial charge in [-0.3, -0.25) is 4.79 Å². The normalized spacial score (nSPS) is 28.4. The van der Waals surface area contributed by atoms with E-state index in [0.717, 1.165) is 23.2 Å². The first-order valence-electron chi connectivity index (χ1n) is 6.52. The van der Waals surface area contributed by atoms with Crippen LogP contribution in [0.3, 0.4) is 0 Å². The monoisotopic (exact) mass is 263 g/mol. The molecule has 1 aromatic carbocycles. The average molecular weight is 263 g/mol. The Kier molecular flexibility index (Phi) is 2.95. The molecule has 19 heavy (non-hydrogen) atoms. The summed E-state index contributed by atoms with van der Waals surface area (Å²) >= 11 is 0. The molecule has 3 aliphatic rings. The second kappa shape index (κ2) is 4.51. The average Bonchev–Trinajstić information content (AvgIpc) is 2.60. The van der Waals surface area contributed by atoms with Crippen molar-refractivity contribution in [3.63, 3.8) is 0 Å². The summed E-state index contributed by atoms with van der Waals surface area (Å²) in [5.41, 5.74) is 1.94. The molecule has 1 aromatic rings. The molecule has 102 valence electrons. The highest BCUT2D eigenvalue weighted by Gasteiger charge is 2.39. The fraction of sp³-hybridized carbons (Fsp3) is 0.500. The second-order valence-electron chi connectivity index (χ2n) is 5.31. The van der Waals surface area contributed by atoms with Crippen molar-refractivity contribution in [1.29, 1.82) is 0 Å². The number of anilines is 1. The summed E-state index contributed by atoms with van der Waals surface area (Å²) in [4.78, 5) is 10.6. The first-order chi connectivity index (χ1) is 9.06. The number of hydrogen-bond donors (Lipinski definition) is 3. The zero-order valence-corrected chi connectivity index (χ0v) is 10.6. The van der Waals surface area contributed by atoms with Gasteiger partial charge in [-0.2, -0.15) is 0 Å². The number of aliphatic carboxylic acids is 1. The number of rotatable bonds is 3. The van der Waals surface area contributed by atoms with Gasteiger partial charge in [0.2, 0.25) is 0 Å². The lowest BCUT2D eigenvalue weighted by molar-refractivity contribution is -0.136. The van der Waals surface area contributed by atoms with Crippen LogP contribution in [-0.4, -0.2) is 28.5 Å². The van der Waals surface area contributed by atoms with Gasteiger partial charge in [0, 0.05) is 17.7 Å². The van der Waals surface area contributed by atoms with Crippen LogP contribution in [0.4, 0.5) is 5.69 Å². The maximum absolute atomic E-state index is 10.6. The number of benzene rings is 1. The van der Waals surface area contributed by atoms with Gasteiger partial charge in [-0.1, -0.05) is 12.1 Å². The molecule has 0 amide bonds. The molecule has 4 rings (SSSR count). The Bertz CT molecular complexity index is 506. The molecule has 3 N–H and O–H groups in total. The van der Waals surface area contributed by atoms with E-state index in [2.05, 4.69) is 5.32 Å². The predicted octanol–water partition coefficient (Wildman–Crippen LogP) is 1.67. The van der Waals surface area contributed by atoms with Gasteiger partial charge in [0.25, 0.3) is 0 Å². The van der Waals surface area contributed by atoms with Gasteiger partial charge < -0.3 is 20.3 Å². The zero-order chi connectivity index (χ0) is 13.5. The molecular formula is C14H17NO4. The van der Waals surface area contributed by atoms with Crippen LogP contribution in [0.15, 0.2) is 18.2 Å². The van der Waals surface area contributed by atoms with Gasteiger partial charge in [0.15, 0.2) is 5.72 Å². The molecule has 0 aliphatic carbocycles. The molecule has 1 fully saturated rings. The summed E-state index contributed by atoms with van der Waals surface area (Å²) in [6.07, 6.45) is 2.08. The first-order valence-corrected chi connectivity index (χ1v) is 6.52. The standard InChI is InChI=1S/C14H17NO4/c16-13(17)4-2-9-1-3-11-10(7-9)12-5-6-14(18,15-11)8-19-12/h1,3,7,12,15,18H,2,4-6,8H2,(H,16,17)/t12-,14+/m1/s1. The summed E-state index contributed by atoms with van der Waals surface area (Å²) in [6.45, 7) is 0.288. The van der Waals surface area contributed by atoms with Crippen LogP contribution < -0.4 is 5.32 Å². The summed E-state index contributed by atoms with van der Waals surface area (Å²) in [5, 5.41) is 22.1. The Balaban J connectivity index is 1.89. The summed E-state index contributed by atoms with van der Waals surface area (Å²) in [6, 6.07) is 5.81. The Morgan fingerprint density at radius 2 is 2.37 bits per heavy atom. The van der Waals surface area contributed by atoms with Crippen molar-refractivity contribution in [3.8, 4) is 0 Å². The summed E-state index contributed by atoms with van der Waals surface area (Å²) in [7, 11) is 0. The van der Waals surface area contributed by atoms with Crippen molar-refractivity contribution in [1.82, 2.24) is 0 Å². The van der Waals surface area contributed by atoms with Crippen LogP contribution in [-0.2, 0) is 16.0 Å². The molecular weight excluding hydrogens is 246 g/mol. The van der Waals surface area contributed by atoms with Crippen molar-refractivity contribution < 1.29 is 19.7 Å². The third-order valence-electron chi connectivity index (χ3n) is 3.80. The number of hydrogen-bond acceptors (Lipinski definition) is 4. The minimum atomic E-state index is -0.968. The highest BCUT2D eigenvalue weighted by atomic mass is 16.5. The number of ether oxygens (including phenoxy) is 1. The Morgan fingerprint density at radius 3 is 3.05 bits per heavy atom. The van der Waals surface area contributed by atoms with E-state index in [1.54, 1.807) is 0 Å².